The molecule has 6 heteroatoms. The van der Waals surface area contributed by atoms with Crippen molar-refractivity contribution in [1.29, 1.82) is 0 Å². The number of halogens is 2. The Morgan fingerprint density at radius 3 is 2.06 bits per heavy atom. The number of esters is 1. The van der Waals surface area contributed by atoms with E-state index in [4.69, 9.17) is 33.0 Å². The SMILES string of the molecule is CC(C)OC(=O)c1cc(Cl)c(Cl)cc1C(=O)O. The summed E-state index contributed by atoms with van der Waals surface area (Å²) in [6.07, 6.45) is -0.349. The highest BCUT2D eigenvalue weighted by Gasteiger charge is 2.20. The first-order valence-corrected chi connectivity index (χ1v) is 5.51. The monoisotopic (exact) mass is 276 g/mol. The van der Waals surface area contributed by atoms with Crippen molar-refractivity contribution >= 4 is 35.1 Å². The fraction of sp³-hybridized carbons (Fsp3) is 0.273. The molecule has 17 heavy (non-hydrogen) atoms. The molecule has 1 N–H and O–H groups in total. The zero-order chi connectivity index (χ0) is 13.2. The number of hydrogen-bond donors (Lipinski definition) is 1. The van der Waals surface area contributed by atoms with E-state index in [0.717, 1.165) is 6.07 Å². The molecule has 0 radical (unpaired) electrons. The van der Waals surface area contributed by atoms with Gasteiger partial charge < -0.3 is 9.84 Å². The van der Waals surface area contributed by atoms with Gasteiger partial charge in [-0.3, -0.25) is 0 Å². The van der Waals surface area contributed by atoms with E-state index >= 15 is 0 Å². The van der Waals surface area contributed by atoms with Crippen LogP contribution in [0, 0.1) is 0 Å². The molecule has 0 spiro atoms. The molecule has 0 aliphatic rings. The van der Waals surface area contributed by atoms with E-state index in [-0.39, 0.29) is 27.3 Å². The first-order valence-electron chi connectivity index (χ1n) is 4.76. The van der Waals surface area contributed by atoms with Crippen molar-refractivity contribution in [2.45, 2.75) is 20.0 Å². The highest BCUT2D eigenvalue weighted by molar-refractivity contribution is 6.42. The number of ether oxygens (including phenoxy) is 1. The van der Waals surface area contributed by atoms with Crippen LogP contribution in [0.5, 0.6) is 0 Å². The van der Waals surface area contributed by atoms with Crippen LogP contribution in [0.1, 0.15) is 34.6 Å². The maximum Gasteiger partial charge on any atom is 0.339 e. The van der Waals surface area contributed by atoms with Gasteiger partial charge in [-0.1, -0.05) is 23.2 Å². The Labute approximate surface area is 108 Å². The molecule has 1 aromatic carbocycles. The fourth-order valence-electron chi connectivity index (χ4n) is 1.17. The lowest BCUT2D eigenvalue weighted by Gasteiger charge is -2.10. The summed E-state index contributed by atoms with van der Waals surface area (Å²) in [6.45, 7) is 3.33. The fourth-order valence-corrected chi connectivity index (χ4v) is 1.50. The van der Waals surface area contributed by atoms with Crippen molar-refractivity contribution in [3.8, 4) is 0 Å². The second-order valence-electron chi connectivity index (χ2n) is 3.57. The summed E-state index contributed by atoms with van der Waals surface area (Å²) in [5, 5.41) is 9.13. The summed E-state index contributed by atoms with van der Waals surface area (Å²) in [5.41, 5.74) is -0.342. The summed E-state index contributed by atoms with van der Waals surface area (Å²) in [4.78, 5) is 22.6. The van der Waals surface area contributed by atoms with E-state index in [1.807, 2.05) is 0 Å². The summed E-state index contributed by atoms with van der Waals surface area (Å²) in [7, 11) is 0. The molecule has 0 fully saturated rings. The van der Waals surface area contributed by atoms with Gasteiger partial charge in [0.25, 0.3) is 0 Å². The molecule has 92 valence electrons. The quantitative estimate of drug-likeness (QED) is 0.861. The van der Waals surface area contributed by atoms with E-state index in [1.54, 1.807) is 13.8 Å². The van der Waals surface area contributed by atoms with Gasteiger partial charge in [-0.25, -0.2) is 9.59 Å². The van der Waals surface area contributed by atoms with Crippen LogP contribution in [0.2, 0.25) is 10.0 Å². The van der Waals surface area contributed by atoms with Crippen LogP contribution < -0.4 is 0 Å². The van der Waals surface area contributed by atoms with Crippen LogP contribution in [0.3, 0.4) is 0 Å². The molecule has 4 nitrogen and oxygen atoms in total. The van der Waals surface area contributed by atoms with Crippen LogP contribution in [-0.2, 0) is 4.74 Å². The van der Waals surface area contributed by atoms with E-state index in [9.17, 15) is 9.59 Å². The summed E-state index contributed by atoms with van der Waals surface area (Å²) in [5.74, 6) is -2.00. The van der Waals surface area contributed by atoms with Crippen molar-refractivity contribution in [3.05, 3.63) is 33.3 Å². The minimum atomic E-state index is -1.26. The molecule has 0 aliphatic carbocycles. The van der Waals surface area contributed by atoms with Crippen LogP contribution in [0.25, 0.3) is 0 Å². The average molecular weight is 277 g/mol. The molecule has 0 aliphatic heterocycles. The van der Waals surface area contributed by atoms with Gasteiger partial charge in [0.15, 0.2) is 0 Å². The zero-order valence-electron chi connectivity index (χ0n) is 9.16. The maximum atomic E-state index is 11.7. The molecule has 0 saturated heterocycles. The van der Waals surface area contributed by atoms with Crippen LogP contribution in [0.15, 0.2) is 12.1 Å². The van der Waals surface area contributed by atoms with Crippen LogP contribution in [0.4, 0.5) is 0 Å². The maximum absolute atomic E-state index is 11.7. The predicted molar refractivity (Wildman–Crippen MR) is 64.0 cm³/mol. The van der Waals surface area contributed by atoms with E-state index < -0.39 is 11.9 Å². The van der Waals surface area contributed by atoms with Gasteiger partial charge in [-0.05, 0) is 26.0 Å². The largest absolute Gasteiger partial charge is 0.478 e. The van der Waals surface area contributed by atoms with E-state index in [1.165, 1.54) is 6.07 Å². The molecule has 0 saturated carbocycles. The van der Waals surface area contributed by atoms with Crippen molar-refractivity contribution in [3.63, 3.8) is 0 Å². The predicted octanol–water partition coefficient (Wildman–Crippen LogP) is 3.26. The first kappa shape index (κ1) is 13.8. The minimum Gasteiger partial charge on any atom is -0.478 e. The Balaban J connectivity index is 3.26. The summed E-state index contributed by atoms with van der Waals surface area (Å²) < 4.78 is 4.92. The lowest BCUT2D eigenvalue weighted by atomic mass is 10.1. The Bertz CT molecular complexity index is 469. The van der Waals surface area contributed by atoms with Gasteiger partial charge in [0, 0.05) is 0 Å². The first-order chi connectivity index (χ1) is 7.82. The van der Waals surface area contributed by atoms with Crippen LogP contribution >= 0.6 is 23.2 Å². The van der Waals surface area contributed by atoms with Crippen molar-refractivity contribution in [1.82, 2.24) is 0 Å². The van der Waals surface area contributed by atoms with Crippen molar-refractivity contribution in [2.75, 3.05) is 0 Å². The Hall–Kier alpha value is -1.26. The molecule has 0 amide bonds. The van der Waals surface area contributed by atoms with Gasteiger partial charge in [0.2, 0.25) is 0 Å². The van der Waals surface area contributed by atoms with Crippen molar-refractivity contribution in [2.24, 2.45) is 0 Å². The number of benzene rings is 1. The summed E-state index contributed by atoms with van der Waals surface area (Å²) >= 11 is 11.4. The number of carboxylic acid groups (broad SMARTS) is 1. The molecule has 1 rings (SSSR count). The highest BCUT2D eigenvalue weighted by Crippen LogP contribution is 2.26. The molecule has 0 aromatic heterocycles. The Morgan fingerprint density at radius 2 is 1.65 bits per heavy atom. The molecule has 0 heterocycles. The number of rotatable bonds is 3. The smallest absolute Gasteiger partial charge is 0.339 e. The number of aromatic carboxylic acids is 1. The second-order valence-corrected chi connectivity index (χ2v) is 4.39. The Morgan fingerprint density at radius 1 is 1.18 bits per heavy atom. The third-order valence-corrected chi connectivity index (χ3v) is 2.58. The zero-order valence-corrected chi connectivity index (χ0v) is 10.7. The van der Waals surface area contributed by atoms with Gasteiger partial charge in [-0.15, -0.1) is 0 Å². The number of carbonyl (C=O) groups is 2. The van der Waals surface area contributed by atoms with Crippen LogP contribution in [-0.4, -0.2) is 23.1 Å². The molecule has 1 aromatic rings. The normalized spacial score (nSPS) is 10.4. The average Bonchev–Trinajstić information content (AvgIpc) is 2.19. The van der Waals surface area contributed by atoms with E-state index in [2.05, 4.69) is 0 Å². The van der Waals surface area contributed by atoms with E-state index in [0.29, 0.717) is 0 Å². The number of carboxylic acids is 1. The molecular weight excluding hydrogens is 267 g/mol. The number of carbonyl (C=O) groups excluding carboxylic acids is 1. The standard InChI is InChI=1S/C11H10Cl2O4/c1-5(2)17-11(16)7-4-9(13)8(12)3-6(7)10(14)15/h3-5H,1-2H3,(H,14,15). The van der Waals surface area contributed by atoms with Gasteiger partial charge >= 0.3 is 11.9 Å². The number of hydrogen-bond acceptors (Lipinski definition) is 3. The lowest BCUT2D eigenvalue weighted by Crippen LogP contribution is -2.15. The van der Waals surface area contributed by atoms with Gasteiger partial charge in [0.1, 0.15) is 0 Å². The second kappa shape index (κ2) is 5.38. The lowest BCUT2D eigenvalue weighted by molar-refractivity contribution is 0.0371. The summed E-state index contributed by atoms with van der Waals surface area (Å²) in [6, 6.07) is 2.32. The molecule has 0 bridgehead atoms. The molecular formula is C11H10Cl2O4. The molecule has 0 atom stereocenters. The third-order valence-electron chi connectivity index (χ3n) is 1.85. The minimum absolute atomic E-state index is 0.0742. The highest BCUT2D eigenvalue weighted by atomic mass is 35.5. The van der Waals surface area contributed by atoms with Gasteiger partial charge in [-0.2, -0.15) is 0 Å². The topological polar surface area (TPSA) is 63.6 Å². The Kier molecular flexibility index (Phi) is 4.37. The van der Waals surface area contributed by atoms with Gasteiger partial charge in [0.05, 0.1) is 27.3 Å². The van der Waals surface area contributed by atoms with Crippen molar-refractivity contribution < 1.29 is 19.4 Å². The molecule has 0 unspecified atom stereocenters. The third kappa shape index (κ3) is 3.35.